The second-order valence-corrected chi connectivity index (χ2v) is 4.71. The summed E-state index contributed by atoms with van der Waals surface area (Å²) in [5.41, 5.74) is 9.90. The van der Waals surface area contributed by atoms with Crippen molar-refractivity contribution in [2.24, 2.45) is 5.73 Å². The maximum atomic E-state index is 6.31. The normalized spacial score (nSPS) is 15.6. The van der Waals surface area contributed by atoms with Gasteiger partial charge >= 0.3 is 0 Å². The first-order chi connectivity index (χ1) is 8.84. The molecule has 0 saturated carbocycles. The van der Waals surface area contributed by atoms with Gasteiger partial charge in [0.1, 0.15) is 5.75 Å². The van der Waals surface area contributed by atoms with Crippen molar-refractivity contribution < 1.29 is 4.74 Å². The SMILES string of the molecule is NC(c1ccccc1)c1ccc2c(c1)CCCO2. The van der Waals surface area contributed by atoms with Crippen LogP contribution in [0, 0.1) is 0 Å². The highest BCUT2D eigenvalue weighted by Gasteiger charge is 2.14. The molecule has 1 aliphatic rings. The lowest BCUT2D eigenvalue weighted by atomic mass is 9.95. The second kappa shape index (κ2) is 4.83. The molecule has 1 aliphatic heterocycles. The summed E-state index contributed by atoms with van der Waals surface area (Å²) in [5, 5.41) is 0. The number of rotatable bonds is 2. The van der Waals surface area contributed by atoms with Gasteiger partial charge < -0.3 is 10.5 Å². The van der Waals surface area contributed by atoms with Crippen LogP contribution in [-0.4, -0.2) is 6.61 Å². The van der Waals surface area contributed by atoms with E-state index in [1.54, 1.807) is 0 Å². The Morgan fingerprint density at radius 3 is 2.67 bits per heavy atom. The Morgan fingerprint density at radius 1 is 1.00 bits per heavy atom. The summed E-state index contributed by atoms with van der Waals surface area (Å²) in [6.45, 7) is 0.830. The van der Waals surface area contributed by atoms with Crippen molar-refractivity contribution in [2.45, 2.75) is 18.9 Å². The molecule has 0 fully saturated rings. The molecule has 0 aromatic heterocycles. The number of nitrogens with two attached hydrogens (primary N) is 1. The van der Waals surface area contributed by atoms with Crippen LogP contribution in [0.15, 0.2) is 48.5 Å². The molecule has 2 aromatic carbocycles. The molecule has 2 N–H and O–H groups in total. The molecular formula is C16H17NO. The van der Waals surface area contributed by atoms with Crippen LogP contribution in [-0.2, 0) is 6.42 Å². The third-order valence-electron chi connectivity index (χ3n) is 3.45. The molecule has 18 heavy (non-hydrogen) atoms. The molecule has 0 amide bonds. The highest BCUT2D eigenvalue weighted by molar-refractivity contribution is 5.42. The monoisotopic (exact) mass is 239 g/mol. The van der Waals surface area contributed by atoms with Crippen LogP contribution < -0.4 is 10.5 Å². The Hall–Kier alpha value is -1.80. The molecule has 0 aliphatic carbocycles. The largest absolute Gasteiger partial charge is 0.493 e. The Morgan fingerprint density at radius 2 is 1.83 bits per heavy atom. The van der Waals surface area contributed by atoms with E-state index in [0.717, 1.165) is 36.3 Å². The second-order valence-electron chi connectivity index (χ2n) is 4.71. The minimum absolute atomic E-state index is 0.0570. The third kappa shape index (κ3) is 2.12. The summed E-state index contributed by atoms with van der Waals surface area (Å²) in [4.78, 5) is 0. The van der Waals surface area contributed by atoms with Crippen molar-refractivity contribution in [2.75, 3.05) is 6.61 Å². The molecule has 2 aromatic rings. The van der Waals surface area contributed by atoms with E-state index >= 15 is 0 Å². The first-order valence-corrected chi connectivity index (χ1v) is 6.41. The van der Waals surface area contributed by atoms with E-state index in [9.17, 15) is 0 Å². The molecule has 2 heteroatoms. The van der Waals surface area contributed by atoms with Gasteiger partial charge in [0.2, 0.25) is 0 Å². The van der Waals surface area contributed by atoms with E-state index in [1.807, 2.05) is 24.3 Å². The maximum Gasteiger partial charge on any atom is 0.122 e. The van der Waals surface area contributed by atoms with Crippen molar-refractivity contribution in [3.63, 3.8) is 0 Å². The highest BCUT2D eigenvalue weighted by Crippen LogP contribution is 2.29. The van der Waals surface area contributed by atoms with E-state index in [-0.39, 0.29) is 6.04 Å². The van der Waals surface area contributed by atoms with Crippen molar-refractivity contribution >= 4 is 0 Å². The van der Waals surface area contributed by atoms with Gasteiger partial charge in [0, 0.05) is 0 Å². The van der Waals surface area contributed by atoms with Crippen molar-refractivity contribution in [3.05, 3.63) is 65.2 Å². The average Bonchev–Trinajstić information content (AvgIpc) is 2.47. The van der Waals surface area contributed by atoms with Gasteiger partial charge in [0.05, 0.1) is 12.6 Å². The van der Waals surface area contributed by atoms with Crippen LogP contribution in [0.1, 0.15) is 29.2 Å². The Balaban J connectivity index is 1.93. The van der Waals surface area contributed by atoms with E-state index in [1.165, 1.54) is 5.56 Å². The molecular weight excluding hydrogens is 222 g/mol. The van der Waals surface area contributed by atoms with E-state index in [4.69, 9.17) is 10.5 Å². The molecule has 1 atom stereocenters. The molecule has 1 unspecified atom stereocenters. The van der Waals surface area contributed by atoms with Crippen molar-refractivity contribution in [1.82, 2.24) is 0 Å². The molecule has 3 rings (SSSR count). The lowest BCUT2D eigenvalue weighted by Crippen LogP contribution is -2.14. The number of hydrogen-bond acceptors (Lipinski definition) is 2. The topological polar surface area (TPSA) is 35.2 Å². The summed E-state index contributed by atoms with van der Waals surface area (Å²) in [5.74, 6) is 1.02. The fraction of sp³-hybridized carbons (Fsp3) is 0.250. The Bertz CT molecular complexity index is 536. The summed E-state index contributed by atoms with van der Waals surface area (Å²) < 4.78 is 5.62. The van der Waals surface area contributed by atoms with Gasteiger partial charge in [-0.25, -0.2) is 0 Å². The first-order valence-electron chi connectivity index (χ1n) is 6.41. The van der Waals surface area contributed by atoms with Crippen molar-refractivity contribution in [3.8, 4) is 5.75 Å². The smallest absolute Gasteiger partial charge is 0.122 e. The number of ether oxygens (including phenoxy) is 1. The van der Waals surface area contributed by atoms with Gasteiger partial charge in [0.25, 0.3) is 0 Å². The van der Waals surface area contributed by atoms with Crippen LogP contribution in [0.3, 0.4) is 0 Å². The molecule has 1 heterocycles. The number of aryl methyl sites for hydroxylation is 1. The Kier molecular flexibility index (Phi) is 3.03. The number of benzene rings is 2. The van der Waals surface area contributed by atoms with E-state index in [2.05, 4.69) is 24.3 Å². The summed E-state index contributed by atoms with van der Waals surface area (Å²) in [6, 6.07) is 16.4. The first kappa shape index (κ1) is 11.3. The lowest BCUT2D eigenvalue weighted by molar-refractivity contribution is 0.288. The number of hydrogen-bond donors (Lipinski definition) is 1. The Labute approximate surface area is 107 Å². The van der Waals surface area contributed by atoms with Gasteiger partial charge in [-0.05, 0) is 35.6 Å². The van der Waals surface area contributed by atoms with Crippen LogP contribution >= 0.6 is 0 Å². The summed E-state index contributed by atoms with van der Waals surface area (Å²) in [6.07, 6.45) is 2.18. The molecule has 0 radical (unpaired) electrons. The maximum absolute atomic E-state index is 6.31. The van der Waals surface area contributed by atoms with Crippen molar-refractivity contribution in [1.29, 1.82) is 0 Å². The van der Waals surface area contributed by atoms with Crippen LogP contribution in [0.5, 0.6) is 5.75 Å². The van der Waals surface area contributed by atoms with Crippen LogP contribution in [0.4, 0.5) is 0 Å². The quantitative estimate of drug-likeness (QED) is 0.874. The molecule has 92 valence electrons. The minimum Gasteiger partial charge on any atom is -0.493 e. The zero-order valence-corrected chi connectivity index (χ0v) is 10.3. The third-order valence-corrected chi connectivity index (χ3v) is 3.45. The van der Waals surface area contributed by atoms with Gasteiger partial charge in [-0.1, -0.05) is 42.5 Å². The van der Waals surface area contributed by atoms with Crippen LogP contribution in [0.25, 0.3) is 0 Å². The fourth-order valence-corrected chi connectivity index (χ4v) is 2.43. The van der Waals surface area contributed by atoms with Gasteiger partial charge in [-0.15, -0.1) is 0 Å². The predicted octanol–water partition coefficient (Wildman–Crippen LogP) is 3.06. The van der Waals surface area contributed by atoms with E-state index < -0.39 is 0 Å². The standard InChI is InChI=1S/C16H17NO/c17-16(12-5-2-1-3-6-12)14-8-9-15-13(11-14)7-4-10-18-15/h1-3,5-6,8-9,11,16H,4,7,10,17H2. The predicted molar refractivity (Wildman–Crippen MR) is 72.7 cm³/mol. The molecule has 0 saturated heterocycles. The summed E-state index contributed by atoms with van der Waals surface area (Å²) in [7, 11) is 0. The fourth-order valence-electron chi connectivity index (χ4n) is 2.43. The van der Waals surface area contributed by atoms with Crippen LogP contribution in [0.2, 0.25) is 0 Å². The minimum atomic E-state index is -0.0570. The molecule has 0 spiro atoms. The van der Waals surface area contributed by atoms with Gasteiger partial charge in [-0.3, -0.25) is 0 Å². The zero-order valence-electron chi connectivity index (χ0n) is 10.3. The number of fused-ring (bicyclic) bond motifs is 1. The highest BCUT2D eigenvalue weighted by atomic mass is 16.5. The van der Waals surface area contributed by atoms with Gasteiger partial charge in [-0.2, -0.15) is 0 Å². The van der Waals surface area contributed by atoms with Gasteiger partial charge in [0.15, 0.2) is 0 Å². The van der Waals surface area contributed by atoms with E-state index in [0.29, 0.717) is 0 Å². The molecule has 2 nitrogen and oxygen atoms in total. The average molecular weight is 239 g/mol. The molecule has 0 bridgehead atoms. The zero-order chi connectivity index (χ0) is 12.4. The lowest BCUT2D eigenvalue weighted by Gasteiger charge is -2.20. The summed E-state index contributed by atoms with van der Waals surface area (Å²) >= 11 is 0.